The van der Waals surface area contributed by atoms with Crippen molar-refractivity contribution in [2.75, 3.05) is 0 Å². The molecule has 0 aliphatic heterocycles. The zero-order valence-electron chi connectivity index (χ0n) is 11.5. The molecule has 4 rings (SSSR count). The van der Waals surface area contributed by atoms with Crippen molar-refractivity contribution in [3.05, 3.63) is 65.2 Å². The van der Waals surface area contributed by atoms with Crippen molar-refractivity contribution < 1.29 is 14.6 Å². The van der Waals surface area contributed by atoms with Gasteiger partial charge in [-0.05, 0) is 35.1 Å². The maximum atomic E-state index is 11.1. The van der Waals surface area contributed by atoms with Crippen LogP contribution < -0.4 is 4.74 Å². The van der Waals surface area contributed by atoms with Crippen LogP contribution in [0, 0.1) is 11.8 Å². The van der Waals surface area contributed by atoms with Gasteiger partial charge in [-0.3, -0.25) is 4.79 Å². The van der Waals surface area contributed by atoms with Crippen LogP contribution in [0.2, 0.25) is 0 Å². The lowest BCUT2D eigenvalue weighted by atomic mass is 10.0. The lowest BCUT2D eigenvalue weighted by Gasteiger charge is -2.13. The Bertz CT molecular complexity index is 693. The van der Waals surface area contributed by atoms with Gasteiger partial charge in [0.15, 0.2) is 0 Å². The van der Waals surface area contributed by atoms with Crippen LogP contribution in [-0.2, 0) is 17.8 Å². The second-order valence-corrected chi connectivity index (χ2v) is 5.86. The minimum Gasteiger partial charge on any atom is -0.489 e. The molecular formula is C18H16O3. The molecule has 2 aromatic rings. The molecule has 2 aliphatic rings. The van der Waals surface area contributed by atoms with Crippen molar-refractivity contribution in [1.29, 1.82) is 0 Å². The molecule has 1 saturated carbocycles. The number of carbonyl (C=O) groups is 1. The number of hydrogen-bond acceptors (Lipinski definition) is 2. The standard InChI is InChI=1S/C18H16O3/c19-18(20)17-14-9-13-12(16(14)17)7-4-8-15(13)21-10-11-5-2-1-3-6-11/h1-8,14,16-17H,9-10H2,(H,19,20)/t14-,16+,17+/m0/s1. The van der Waals surface area contributed by atoms with Crippen LogP contribution in [0.15, 0.2) is 48.5 Å². The van der Waals surface area contributed by atoms with Gasteiger partial charge in [0.05, 0.1) is 5.92 Å². The maximum absolute atomic E-state index is 11.1. The number of benzene rings is 2. The second kappa shape index (κ2) is 4.62. The Kier molecular flexibility index (Phi) is 2.74. The van der Waals surface area contributed by atoms with Crippen LogP contribution in [0.5, 0.6) is 5.75 Å². The summed E-state index contributed by atoms with van der Waals surface area (Å²) in [5, 5.41) is 9.17. The van der Waals surface area contributed by atoms with Crippen LogP contribution >= 0.6 is 0 Å². The topological polar surface area (TPSA) is 46.5 Å². The van der Waals surface area contributed by atoms with Crippen molar-refractivity contribution in [3.8, 4) is 5.75 Å². The van der Waals surface area contributed by atoms with Gasteiger partial charge in [0.25, 0.3) is 0 Å². The molecule has 0 bridgehead atoms. The summed E-state index contributed by atoms with van der Waals surface area (Å²) >= 11 is 0. The van der Waals surface area contributed by atoms with Crippen molar-refractivity contribution in [2.45, 2.75) is 18.9 Å². The third-order valence-electron chi connectivity index (χ3n) is 4.66. The summed E-state index contributed by atoms with van der Waals surface area (Å²) < 4.78 is 5.95. The van der Waals surface area contributed by atoms with Gasteiger partial charge in [0, 0.05) is 5.92 Å². The maximum Gasteiger partial charge on any atom is 0.307 e. The molecule has 0 saturated heterocycles. The van der Waals surface area contributed by atoms with E-state index in [1.54, 1.807) is 0 Å². The van der Waals surface area contributed by atoms with Gasteiger partial charge in [-0.15, -0.1) is 0 Å². The molecule has 0 amide bonds. The number of aliphatic carboxylic acids is 1. The van der Waals surface area contributed by atoms with E-state index in [9.17, 15) is 9.90 Å². The van der Waals surface area contributed by atoms with Crippen molar-refractivity contribution in [3.63, 3.8) is 0 Å². The zero-order chi connectivity index (χ0) is 14.4. The summed E-state index contributed by atoms with van der Waals surface area (Å²) in [6, 6.07) is 16.1. The molecule has 1 N–H and O–H groups in total. The fraction of sp³-hybridized carbons (Fsp3) is 0.278. The largest absolute Gasteiger partial charge is 0.489 e. The van der Waals surface area contributed by atoms with E-state index in [1.807, 2.05) is 42.5 Å². The zero-order valence-corrected chi connectivity index (χ0v) is 11.5. The van der Waals surface area contributed by atoms with E-state index >= 15 is 0 Å². The van der Waals surface area contributed by atoms with Gasteiger partial charge in [0.1, 0.15) is 12.4 Å². The Morgan fingerprint density at radius 1 is 1.14 bits per heavy atom. The average Bonchev–Trinajstić information content (AvgIpc) is 3.10. The summed E-state index contributed by atoms with van der Waals surface area (Å²) in [5.74, 6) is 0.553. The smallest absolute Gasteiger partial charge is 0.307 e. The minimum atomic E-state index is -0.661. The predicted molar refractivity (Wildman–Crippen MR) is 78.3 cm³/mol. The Labute approximate surface area is 123 Å². The van der Waals surface area contributed by atoms with Crippen LogP contribution in [0.25, 0.3) is 0 Å². The fourth-order valence-corrected chi connectivity index (χ4v) is 3.61. The molecule has 3 atom stereocenters. The molecule has 0 radical (unpaired) electrons. The van der Waals surface area contributed by atoms with Crippen LogP contribution in [-0.4, -0.2) is 11.1 Å². The average molecular weight is 280 g/mol. The molecule has 3 heteroatoms. The van der Waals surface area contributed by atoms with Gasteiger partial charge < -0.3 is 9.84 Å². The highest BCUT2D eigenvalue weighted by atomic mass is 16.5. The first kappa shape index (κ1) is 12.5. The van der Waals surface area contributed by atoms with E-state index in [-0.39, 0.29) is 17.8 Å². The lowest BCUT2D eigenvalue weighted by molar-refractivity contribution is -0.139. The molecule has 0 spiro atoms. The Morgan fingerprint density at radius 3 is 2.71 bits per heavy atom. The molecule has 0 unspecified atom stereocenters. The van der Waals surface area contributed by atoms with E-state index in [1.165, 1.54) is 11.1 Å². The monoisotopic (exact) mass is 280 g/mol. The molecule has 21 heavy (non-hydrogen) atoms. The highest BCUT2D eigenvalue weighted by Crippen LogP contribution is 2.62. The van der Waals surface area contributed by atoms with Crippen LogP contribution in [0.3, 0.4) is 0 Å². The fourth-order valence-electron chi connectivity index (χ4n) is 3.61. The SMILES string of the molecule is O=C(O)[C@@H]1[C@H]2Cc3c(OCc4ccccc4)cccc3[C@H]21. The first-order valence-electron chi connectivity index (χ1n) is 7.27. The van der Waals surface area contributed by atoms with Gasteiger partial charge >= 0.3 is 5.97 Å². The molecule has 0 aromatic heterocycles. The summed E-state index contributed by atoms with van der Waals surface area (Å²) in [7, 11) is 0. The molecule has 2 aliphatic carbocycles. The molecule has 2 aromatic carbocycles. The van der Waals surface area contributed by atoms with E-state index in [2.05, 4.69) is 6.07 Å². The van der Waals surface area contributed by atoms with Gasteiger partial charge in [-0.25, -0.2) is 0 Å². The Hall–Kier alpha value is -2.29. The highest BCUT2D eigenvalue weighted by molar-refractivity contribution is 5.78. The molecule has 0 heterocycles. The highest BCUT2D eigenvalue weighted by Gasteiger charge is 2.60. The summed E-state index contributed by atoms with van der Waals surface area (Å²) in [6.07, 6.45) is 0.835. The van der Waals surface area contributed by atoms with Gasteiger partial charge in [0.2, 0.25) is 0 Å². The number of ether oxygens (including phenoxy) is 1. The molecule has 3 nitrogen and oxygen atoms in total. The van der Waals surface area contributed by atoms with Gasteiger partial charge in [-0.1, -0.05) is 42.5 Å². The van der Waals surface area contributed by atoms with Crippen LogP contribution in [0.4, 0.5) is 0 Å². The van der Waals surface area contributed by atoms with Gasteiger partial charge in [-0.2, -0.15) is 0 Å². The summed E-state index contributed by atoms with van der Waals surface area (Å²) in [6.45, 7) is 0.551. The van der Waals surface area contributed by atoms with Crippen molar-refractivity contribution in [2.24, 2.45) is 11.8 Å². The minimum absolute atomic E-state index is 0.179. The number of hydrogen-bond donors (Lipinski definition) is 1. The molecule has 106 valence electrons. The predicted octanol–water partition coefficient (Wildman–Crippen LogP) is 3.24. The number of carboxylic acids is 1. The van der Waals surface area contributed by atoms with E-state index < -0.39 is 5.97 Å². The Morgan fingerprint density at radius 2 is 1.95 bits per heavy atom. The quantitative estimate of drug-likeness (QED) is 0.935. The van der Waals surface area contributed by atoms with E-state index in [4.69, 9.17) is 4.74 Å². The normalized spacial score (nSPS) is 25.0. The molecular weight excluding hydrogens is 264 g/mol. The third-order valence-corrected chi connectivity index (χ3v) is 4.66. The molecule has 1 fully saturated rings. The number of fused-ring (bicyclic) bond motifs is 3. The van der Waals surface area contributed by atoms with E-state index in [0.29, 0.717) is 6.61 Å². The van der Waals surface area contributed by atoms with E-state index in [0.717, 1.165) is 17.7 Å². The third kappa shape index (κ3) is 2.00. The Balaban J connectivity index is 1.54. The summed E-state index contributed by atoms with van der Waals surface area (Å²) in [5.41, 5.74) is 3.53. The first-order chi connectivity index (χ1) is 10.3. The number of rotatable bonds is 4. The van der Waals surface area contributed by atoms with Crippen molar-refractivity contribution in [1.82, 2.24) is 0 Å². The van der Waals surface area contributed by atoms with Crippen LogP contribution in [0.1, 0.15) is 22.6 Å². The summed E-state index contributed by atoms with van der Waals surface area (Å²) in [4.78, 5) is 11.1. The first-order valence-corrected chi connectivity index (χ1v) is 7.27. The second-order valence-electron chi connectivity index (χ2n) is 5.86. The van der Waals surface area contributed by atoms with Crippen molar-refractivity contribution >= 4 is 5.97 Å². The number of carboxylic acid groups (broad SMARTS) is 1. The lowest BCUT2D eigenvalue weighted by Crippen LogP contribution is -2.06.